The first-order chi connectivity index (χ1) is 16.9. The third-order valence-corrected chi connectivity index (χ3v) is 5.89. The summed E-state index contributed by atoms with van der Waals surface area (Å²) >= 11 is 0. The van der Waals surface area contributed by atoms with E-state index in [-0.39, 0.29) is 30.3 Å². The highest BCUT2D eigenvalue weighted by molar-refractivity contribution is 5.80. The molecule has 1 N–H and O–H groups in total. The number of aromatic nitrogens is 3. The van der Waals surface area contributed by atoms with Gasteiger partial charge in [0.15, 0.2) is 0 Å². The fourth-order valence-electron chi connectivity index (χ4n) is 4.25. The monoisotopic (exact) mass is 475 g/mol. The van der Waals surface area contributed by atoms with Gasteiger partial charge >= 0.3 is 0 Å². The summed E-state index contributed by atoms with van der Waals surface area (Å²) in [4.78, 5) is 13.2. The Hall–Kier alpha value is -3.88. The van der Waals surface area contributed by atoms with Crippen molar-refractivity contribution in [3.63, 3.8) is 0 Å². The molecule has 0 aliphatic rings. The zero-order chi connectivity index (χ0) is 24.5. The highest BCUT2D eigenvalue weighted by Gasteiger charge is 2.20. The predicted octanol–water partition coefficient (Wildman–Crippen LogP) is 4.40. The maximum atomic E-state index is 13.5. The lowest BCUT2D eigenvalue weighted by Gasteiger charge is -2.22. The molecule has 0 spiro atoms. The summed E-state index contributed by atoms with van der Waals surface area (Å²) in [6, 6.07) is 20.6. The summed E-state index contributed by atoms with van der Waals surface area (Å²) in [5, 5.41) is 15.9. The first-order valence-corrected chi connectivity index (χ1v) is 11.2. The van der Waals surface area contributed by atoms with Crippen LogP contribution in [0, 0.1) is 18.6 Å². The summed E-state index contributed by atoms with van der Waals surface area (Å²) in [5.41, 5.74) is 3.08. The lowest BCUT2D eigenvalue weighted by atomic mass is 10.0. The molecule has 0 aliphatic heterocycles. The molecule has 2 heterocycles. The van der Waals surface area contributed by atoms with E-state index in [4.69, 9.17) is 4.74 Å². The molecule has 0 aliphatic carbocycles. The first-order valence-electron chi connectivity index (χ1n) is 11.2. The van der Waals surface area contributed by atoms with Gasteiger partial charge in [-0.05, 0) is 54.4 Å². The van der Waals surface area contributed by atoms with E-state index in [2.05, 4.69) is 5.10 Å². The number of aliphatic hydroxyl groups is 1. The van der Waals surface area contributed by atoms with Crippen LogP contribution in [0.1, 0.15) is 22.9 Å². The second-order valence-corrected chi connectivity index (χ2v) is 8.46. The minimum absolute atomic E-state index is 0.0160. The summed E-state index contributed by atoms with van der Waals surface area (Å²) in [6.45, 7) is 1.71. The fourth-order valence-corrected chi connectivity index (χ4v) is 4.25. The molecule has 0 amide bonds. The Morgan fingerprint density at radius 1 is 0.943 bits per heavy atom. The molecule has 1 atom stereocenters. The molecule has 5 aromatic rings. The van der Waals surface area contributed by atoms with Crippen molar-refractivity contribution in [2.24, 2.45) is 0 Å². The van der Waals surface area contributed by atoms with Gasteiger partial charge in [-0.3, -0.25) is 9.36 Å². The SMILES string of the molecule is Cc1cc2n(CC(O)COC(c3ccc(F)cc3)c3ccc(F)cc3)c(=O)c3ccccc3n2n1. The Bertz CT molecular complexity index is 1500. The van der Waals surface area contributed by atoms with E-state index in [1.54, 1.807) is 47.0 Å². The molecular formula is C27H23F2N3O3. The van der Waals surface area contributed by atoms with Crippen LogP contribution in [0.25, 0.3) is 16.6 Å². The van der Waals surface area contributed by atoms with Crippen LogP contribution in [0.3, 0.4) is 0 Å². The number of para-hydroxylation sites is 1. The lowest BCUT2D eigenvalue weighted by Crippen LogP contribution is -2.31. The van der Waals surface area contributed by atoms with Gasteiger partial charge in [0.05, 0.1) is 35.9 Å². The van der Waals surface area contributed by atoms with Gasteiger partial charge in [0.2, 0.25) is 0 Å². The Morgan fingerprint density at radius 3 is 2.17 bits per heavy atom. The van der Waals surface area contributed by atoms with E-state index in [1.165, 1.54) is 28.8 Å². The number of hydrogen-bond acceptors (Lipinski definition) is 4. The molecular weight excluding hydrogens is 452 g/mol. The predicted molar refractivity (Wildman–Crippen MR) is 128 cm³/mol. The van der Waals surface area contributed by atoms with Crippen molar-refractivity contribution >= 4 is 16.6 Å². The maximum Gasteiger partial charge on any atom is 0.261 e. The van der Waals surface area contributed by atoms with Crippen molar-refractivity contribution < 1.29 is 18.6 Å². The van der Waals surface area contributed by atoms with E-state index in [9.17, 15) is 18.7 Å². The highest BCUT2D eigenvalue weighted by atomic mass is 19.1. The fraction of sp³-hybridized carbons (Fsp3) is 0.185. The van der Waals surface area contributed by atoms with Crippen LogP contribution in [0.4, 0.5) is 8.78 Å². The number of ether oxygens (including phenoxy) is 1. The van der Waals surface area contributed by atoms with Gasteiger partial charge in [-0.15, -0.1) is 0 Å². The van der Waals surface area contributed by atoms with Gasteiger partial charge in [0.1, 0.15) is 23.4 Å². The standard InChI is InChI=1S/C27H23F2N3O3/c1-17-14-25-31(27(34)23-4-2-3-5-24(23)32(25)30-17)15-22(33)16-35-26(18-6-10-20(28)11-7-18)19-8-12-21(29)13-9-19/h2-14,22,26,33H,15-16H2,1H3. The maximum absolute atomic E-state index is 13.5. The lowest BCUT2D eigenvalue weighted by molar-refractivity contribution is -0.000556. The van der Waals surface area contributed by atoms with E-state index in [0.29, 0.717) is 27.7 Å². The molecule has 8 heteroatoms. The number of fused-ring (bicyclic) bond motifs is 3. The van der Waals surface area contributed by atoms with Crippen molar-refractivity contribution in [3.8, 4) is 0 Å². The summed E-state index contributed by atoms with van der Waals surface area (Å²) in [6.07, 6.45) is -1.69. The van der Waals surface area contributed by atoms with E-state index in [0.717, 1.165) is 5.69 Å². The normalized spacial score (nSPS) is 12.6. The summed E-state index contributed by atoms with van der Waals surface area (Å²) < 4.78 is 36.2. The third kappa shape index (κ3) is 4.58. The molecule has 178 valence electrons. The quantitative estimate of drug-likeness (QED) is 0.379. The average Bonchev–Trinajstić information content (AvgIpc) is 3.25. The van der Waals surface area contributed by atoms with Gasteiger partial charge in [-0.2, -0.15) is 5.10 Å². The number of hydrogen-bond donors (Lipinski definition) is 1. The highest BCUT2D eigenvalue weighted by Crippen LogP contribution is 2.27. The number of aliphatic hydroxyl groups excluding tert-OH is 1. The van der Waals surface area contributed by atoms with Crippen LogP contribution >= 0.6 is 0 Å². The Kier molecular flexibility index (Phi) is 6.15. The molecule has 0 radical (unpaired) electrons. The number of halogens is 2. The number of benzene rings is 3. The van der Waals surface area contributed by atoms with E-state index in [1.807, 2.05) is 19.1 Å². The molecule has 0 bridgehead atoms. The van der Waals surface area contributed by atoms with Crippen molar-refractivity contribution in [1.82, 2.24) is 14.2 Å². The molecule has 5 rings (SSSR count). The zero-order valence-corrected chi connectivity index (χ0v) is 18.9. The third-order valence-electron chi connectivity index (χ3n) is 5.89. The second kappa shape index (κ2) is 9.40. The number of nitrogens with zero attached hydrogens (tertiary/aromatic N) is 3. The molecule has 1 unspecified atom stereocenters. The number of rotatable bonds is 7. The Morgan fingerprint density at radius 2 is 1.54 bits per heavy atom. The van der Waals surface area contributed by atoms with Gasteiger partial charge in [-0.25, -0.2) is 13.3 Å². The largest absolute Gasteiger partial charge is 0.389 e. The molecule has 35 heavy (non-hydrogen) atoms. The second-order valence-electron chi connectivity index (χ2n) is 8.46. The van der Waals surface area contributed by atoms with Crippen LogP contribution in [0.5, 0.6) is 0 Å². The van der Waals surface area contributed by atoms with Crippen LogP contribution in [0.2, 0.25) is 0 Å². The number of aryl methyl sites for hydroxylation is 1. The Balaban J connectivity index is 1.43. The van der Waals surface area contributed by atoms with Crippen LogP contribution in [-0.2, 0) is 11.3 Å². The van der Waals surface area contributed by atoms with Gasteiger partial charge < -0.3 is 9.84 Å². The first kappa shape index (κ1) is 22.9. The van der Waals surface area contributed by atoms with Crippen molar-refractivity contribution in [2.45, 2.75) is 25.7 Å². The minimum atomic E-state index is -1.03. The summed E-state index contributed by atoms with van der Waals surface area (Å²) in [5.74, 6) is -0.773. The van der Waals surface area contributed by atoms with Crippen molar-refractivity contribution in [3.05, 3.63) is 118 Å². The van der Waals surface area contributed by atoms with E-state index < -0.39 is 12.2 Å². The summed E-state index contributed by atoms with van der Waals surface area (Å²) in [7, 11) is 0. The van der Waals surface area contributed by atoms with Crippen LogP contribution in [-0.4, -0.2) is 32.0 Å². The topological polar surface area (TPSA) is 68.8 Å². The zero-order valence-electron chi connectivity index (χ0n) is 18.9. The van der Waals surface area contributed by atoms with E-state index >= 15 is 0 Å². The van der Waals surface area contributed by atoms with Crippen molar-refractivity contribution in [1.29, 1.82) is 0 Å². The van der Waals surface area contributed by atoms with Gasteiger partial charge in [0, 0.05) is 6.07 Å². The van der Waals surface area contributed by atoms with Crippen LogP contribution < -0.4 is 5.56 Å². The molecule has 0 saturated heterocycles. The molecule has 0 fully saturated rings. The van der Waals surface area contributed by atoms with Crippen LogP contribution in [0.15, 0.2) is 83.7 Å². The molecule has 2 aromatic heterocycles. The molecule has 6 nitrogen and oxygen atoms in total. The molecule has 0 saturated carbocycles. The average molecular weight is 475 g/mol. The van der Waals surface area contributed by atoms with Gasteiger partial charge in [-0.1, -0.05) is 36.4 Å². The Labute approximate surface area is 199 Å². The van der Waals surface area contributed by atoms with Gasteiger partial charge in [0.25, 0.3) is 5.56 Å². The smallest absolute Gasteiger partial charge is 0.261 e. The minimum Gasteiger partial charge on any atom is -0.389 e. The molecule has 3 aromatic carbocycles. The van der Waals surface area contributed by atoms with Crippen molar-refractivity contribution in [2.75, 3.05) is 6.61 Å².